The summed E-state index contributed by atoms with van der Waals surface area (Å²) < 4.78 is 3.77. The summed E-state index contributed by atoms with van der Waals surface area (Å²) in [6, 6.07) is 0. The zero-order chi connectivity index (χ0) is 4.62. The van der Waals surface area contributed by atoms with Gasteiger partial charge in [0.25, 0.3) is 0 Å². The molecule has 0 bridgehead atoms. The third-order valence-corrected chi connectivity index (χ3v) is 6.59. The molecule has 0 aromatic carbocycles. The quantitative estimate of drug-likeness (QED) is 0.380. The van der Waals surface area contributed by atoms with E-state index in [-0.39, 0.29) is 0 Å². The van der Waals surface area contributed by atoms with Gasteiger partial charge in [-0.1, -0.05) is 0 Å². The zero-order valence-corrected chi connectivity index (χ0v) is 6.96. The van der Waals surface area contributed by atoms with E-state index >= 15 is 0 Å². The molecule has 1 fully saturated rings. The van der Waals surface area contributed by atoms with Gasteiger partial charge in [0.1, 0.15) is 0 Å². The third-order valence-electron chi connectivity index (χ3n) is 0.336. The van der Waals surface area contributed by atoms with Crippen LogP contribution in [0.1, 0.15) is 0 Å². The maximum absolute atomic E-state index is 8.69. The van der Waals surface area contributed by atoms with Crippen molar-refractivity contribution in [2.45, 2.75) is 3.91 Å². The number of aliphatic hydroxyl groups is 1. The van der Waals surface area contributed by atoms with E-state index in [0.29, 0.717) is 0 Å². The van der Waals surface area contributed by atoms with E-state index < -0.39 is 16.7 Å². The summed E-state index contributed by atoms with van der Waals surface area (Å²) >= 11 is 3.88. The van der Waals surface area contributed by atoms with Crippen LogP contribution in [0.5, 0.6) is 0 Å². The first-order chi connectivity index (χ1) is 2.77. The van der Waals surface area contributed by atoms with Gasteiger partial charge in [0.15, 0.2) is 0 Å². The summed E-state index contributed by atoms with van der Waals surface area (Å²) in [4.78, 5) is 0. The molecule has 0 aliphatic carbocycles. The fraction of sp³-hybridized carbons (Fsp3) is 1.00. The molecule has 1 rings (SSSR count). The Kier molecular flexibility index (Phi) is 1.73. The van der Waals surface area contributed by atoms with Gasteiger partial charge < -0.3 is 0 Å². The van der Waals surface area contributed by atoms with E-state index in [1.807, 2.05) is 0 Å². The van der Waals surface area contributed by atoms with E-state index in [2.05, 4.69) is 22.9 Å². The first kappa shape index (κ1) is 5.70. The van der Waals surface area contributed by atoms with Crippen molar-refractivity contribution >= 4 is 24.8 Å². The Morgan fingerprint density at radius 2 is 2.50 bits per heavy atom. The Morgan fingerprint density at radius 3 is 2.50 bits per heavy atom. The van der Waals surface area contributed by atoms with Gasteiger partial charge >= 0.3 is 56.7 Å². The van der Waals surface area contributed by atoms with Crippen LogP contribution in [0.25, 0.3) is 0 Å². The fourth-order valence-corrected chi connectivity index (χ4v) is 2.70. The molecule has 2 atom stereocenters. The molecule has 6 heavy (non-hydrogen) atoms. The molecule has 5 heteroatoms. The van der Waals surface area contributed by atoms with Crippen LogP contribution in [0.2, 0.25) is 0 Å². The summed E-state index contributed by atoms with van der Waals surface area (Å²) in [6.07, 6.45) is 0. The molecule has 1 saturated heterocycles. The molecule has 40 valence electrons. The first-order valence-corrected chi connectivity index (χ1v) is 7.47. The van der Waals surface area contributed by atoms with Gasteiger partial charge in [-0.05, 0) is 0 Å². The summed E-state index contributed by atoms with van der Waals surface area (Å²) in [7, 11) is 0. The standard InChI is InChI=1S/CH2AsO2S.Ag/c2-1(3)4-5-1;/h2-3H;/q-1;+1. The zero-order valence-electron chi connectivity index (χ0n) is 2.57. The summed E-state index contributed by atoms with van der Waals surface area (Å²) in [6.45, 7) is 0. The average molecular weight is 261 g/mol. The van der Waals surface area contributed by atoms with E-state index in [1.54, 1.807) is 0 Å². The second-order valence-electron chi connectivity index (χ2n) is 0.824. The summed E-state index contributed by atoms with van der Waals surface area (Å²) in [5, 5.41) is 8.69. The van der Waals surface area contributed by atoms with Crippen LogP contribution in [0, 0.1) is 0 Å². The second kappa shape index (κ2) is 1.82. The molecule has 2 unspecified atom stereocenters. The molecule has 1 N–H and O–H groups in total. The molecule has 0 spiro atoms. The second-order valence-corrected chi connectivity index (χ2v) is 6.13. The van der Waals surface area contributed by atoms with Crippen LogP contribution in [-0.4, -0.2) is 21.8 Å². The maximum atomic E-state index is 8.69. The van der Waals surface area contributed by atoms with Crippen LogP contribution in [0.4, 0.5) is 0 Å². The molecule has 1 heterocycles. The molecule has 0 radical (unpaired) electrons. The first-order valence-electron chi connectivity index (χ1n) is 1.20. The Balaban J connectivity index is 2.28. The monoisotopic (exact) mass is 260 g/mol. The Labute approximate surface area is 56.4 Å². The predicted octanol–water partition coefficient (Wildman–Crippen LogP) is -0.833. The molecule has 1 aliphatic rings. The molecular weight excluding hydrogens is 259 g/mol. The number of hydrogen-bond acceptors (Lipinski definition) is 3. The molecule has 0 saturated carbocycles. The molecule has 0 aromatic rings. The topological polar surface area (TPSA) is 32.8 Å². The van der Waals surface area contributed by atoms with Crippen molar-refractivity contribution in [1.29, 1.82) is 0 Å². The predicted molar refractivity (Wildman–Crippen MR) is 20.8 cm³/mol. The van der Waals surface area contributed by atoms with Crippen molar-refractivity contribution in [1.82, 2.24) is 0 Å². The van der Waals surface area contributed by atoms with E-state index in [1.165, 1.54) is 0 Å². The van der Waals surface area contributed by atoms with Gasteiger partial charge in [0.2, 0.25) is 0 Å². The summed E-state index contributed by atoms with van der Waals surface area (Å²) in [5.74, 6) is 0. The molecule has 0 amide bonds. The van der Waals surface area contributed by atoms with Gasteiger partial charge in [-0.2, -0.15) is 0 Å². The van der Waals surface area contributed by atoms with E-state index in [0.717, 1.165) is 12.0 Å². The van der Waals surface area contributed by atoms with Gasteiger partial charge in [-0.15, -0.1) is 0 Å². The fourth-order valence-electron chi connectivity index (χ4n) is 0.0646. The van der Waals surface area contributed by atoms with E-state index in [9.17, 15) is 0 Å². The van der Waals surface area contributed by atoms with Crippen molar-refractivity contribution in [3.8, 4) is 0 Å². The van der Waals surface area contributed by atoms with Crippen molar-refractivity contribution in [2.75, 3.05) is 0 Å². The van der Waals surface area contributed by atoms with Crippen molar-refractivity contribution in [3.63, 3.8) is 0 Å². The van der Waals surface area contributed by atoms with Crippen LogP contribution in [0.15, 0.2) is 0 Å². The average Bonchev–Trinajstić information content (AvgIpc) is 2.22. The van der Waals surface area contributed by atoms with Gasteiger partial charge in [0.05, 0.1) is 0 Å². The van der Waals surface area contributed by atoms with Crippen LogP contribution < -0.4 is 0 Å². The van der Waals surface area contributed by atoms with Gasteiger partial charge in [0, 0.05) is 0 Å². The van der Waals surface area contributed by atoms with Crippen LogP contribution in [0.3, 0.4) is 0 Å². The van der Waals surface area contributed by atoms with Gasteiger partial charge in [-0.3, -0.25) is 0 Å². The normalized spacial score (nSPS) is 45.2. The number of hydrogen-bond donors (Lipinski definition) is 1. The Bertz CT molecular complexity index is 64.6. The van der Waals surface area contributed by atoms with Crippen molar-refractivity contribution < 1.29 is 28.0 Å². The molecule has 2 nitrogen and oxygen atoms in total. The van der Waals surface area contributed by atoms with Crippen LogP contribution in [-0.2, 0) is 22.9 Å². The summed E-state index contributed by atoms with van der Waals surface area (Å²) in [5.41, 5.74) is 0. The SMILES string of the molecule is OC1([AsH][Ag])OS1. The minimum atomic E-state index is -0.751. The van der Waals surface area contributed by atoms with Crippen molar-refractivity contribution in [2.24, 2.45) is 0 Å². The van der Waals surface area contributed by atoms with Crippen LogP contribution >= 0.6 is 12.0 Å². The number of rotatable bonds is 1. The Morgan fingerprint density at radius 1 is 2.00 bits per heavy atom. The third kappa shape index (κ3) is 1.27. The van der Waals surface area contributed by atoms with E-state index in [4.69, 9.17) is 5.11 Å². The molecule has 1 aliphatic heterocycles. The minimum absolute atomic E-state index is 0.428. The molecular formula is CH2AgAsO2S. The van der Waals surface area contributed by atoms with Crippen molar-refractivity contribution in [3.05, 3.63) is 0 Å². The molecule has 0 aromatic heterocycles. The Hall–Kier alpha value is 1.57. The van der Waals surface area contributed by atoms with Gasteiger partial charge in [-0.25, -0.2) is 0 Å².